The standard InChI is InChI=1S/C68H66N6O14/c1-65(61(79)83-2)49-38-29-39(52(49)66(87-65,62(80)84-3)40-27-30-26-35(40)46-45(30)57(75)73(58(46)76)24-22-69-55-31-14-6-10-18-41(31)71-42-19-11-7-15-32(42)55)54-53(38)67(63(81)85-4)50-36-28-37(51(50)68(54,88-67)64(82)86-5)48-47(36)59(77)74(60(48)78)25-23-70-56-33-16-8-12-20-43(33)72-44-21-13-9-17-34(44)56/h6-21,30,35-40,45-54H,22-29H2,1-5H3,(H,69,71)(H,70,72). The fraction of sp³-hybridized carbons (Fsp3) is 0.500. The number of likely N-dealkylation sites (tertiary alicyclic amines) is 2. The van der Waals surface area contributed by atoms with Gasteiger partial charge in [-0.1, -0.05) is 72.8 Å². The van der Waals surface area contributed by atoms with Crippen LogP contribution in [0.4, 0.5) is 11.4 Å². The molecule has 20 nitrogen and oxygen atoms in total. The molecule has 6 aromatic rings. The lowest BCUT2D eigenvalue weighted by atomic mass is 9.45. The van der Waals surface area contributed by atoms with Gasteiger partial charge in [0, 0.05) is 89.1 Å². The monoisotopic (exact) mass is 1190 g/mol. The van der Waals surface area contributed by atoms with Crippen LogP contribution in [-0.2, 0) is 66.8 Å². The van der Waals surface area contributed by atoms with Gasteiger partial charge in [0.05, 0.1) is 85.6 Å². The number of benzene rings is 4. The molecule has 21 atom stereocenters. The number of fused-ring (bicyclic) bond motifs is 31. The number of amides is 4. The largest absolute Gasteiger partial charge is 0.467 e. The molecule has 0 radical (unpaired) electrons. The molecule has 6 saturated carbocycles. The van der Waals surface area contributed by atoms with Crippen LogP contribution in [-0.4, -0.2) is 144 Å². The van der Waals surface area contributed by atoms with Crippen molar-refractivity contribution in [3.8, 4) is 0 Å². The van der Waals surface area contributed by atoms with E-state index in [-0.39, 0.29) is 55.7 Å². The van der Waals surface area contributed by atoms with Crippen molar-refractivity contribution in [2.45, 2.75) is 55.0 Å². The van der Waals surface area contributed by atoms with Crippen LogP contribution in [0.25, 0.3) is 43.6 Å². The number of anilines is 2. The zero-order valence-electron chi connectivity index (χ0n) is 49.2. The third-order valence-corrected chi connectivity index (χ3v) is 24.5. The number of aromatic nitrogens is 2. The minimum Gasteiger partial charge on any atom is -0.467 e. The van der Waals surface area contributed by atoms with E-state index in [1.807, 2.05) is 97.1 Å². The van der Waals surface area contributed by atoms with Crippen molar-refractivity contribution < 1.29 is 66.8 Å². The molecule has 17 rings (SSSR count). The average molecular weight is 1190 g/mol. The first-order valence-electron chi connectivity index (χ1n) is 31.1. The van der Waals surface area contributed by atoms with E-state index in [2.05, 4.69) is 10.6 Å². The van der Waals surface area contributed by atoms with Crippen molar-refractivity contribution in [1.29, 1.82) is 0 Å². The van der Waals surface area contributed by atoms with Crippen molar-refractivity contribution >= 4 is 102 Å². The summed E-state index contributed by atoms with van der Waals surface area (Å²) in [5.74, 6) is -16.0. The molecule has 452 valence electrons. The summed E-state index contributed by atoms with van der Waals surface area (Å²) in [6.45, 7) is 2.29. The molecule has 4 amide bonds. The number of ether oxygens (including phenoxy) is 6. The molecule has 2 aromatic heterocycles. The van der Waals surface area contributed by atoms with Gasteiger partial charge in [0.1, 0.15) is 0 Å². The van der Waals surface area contributed by atoms with E-state index < -0.39 is 141 Å². The second-order valence-electron chi connectivity index (χ2n) is 27.1. The van der Waals surface area contributed by atoms with Crippen LogP contribution in [0.5, 0.6) is 0 Å². The molecule has 20 heteroatoms. The highest BCUT2D eigenvalue weighted by atomic mass is 16.6. The molecule has 6 aliphatic carbocycles. The maximum absolute atomic E-state index is 15.5. The average Bonchev–Trinajstić information content (AvgIpc) is 1.44. The fourth-order valence-corrected chi connectivity index (χ4v) is 22.4. The van der Waals surface area contributed by atoms with Crippen LogP contribution in [0.2, 0.25) is 0 Å². The number of para-hydroxylation sites is 4. The second-order valence-corrected chi connectivity index (χ2v) is 27.1. The Morgan fingerprint density at radius 2 is 0.818 bits per heavy atom. The van der Waals surface area contributed by atoms with Gasteiger partial charge in [-0.2, -0.15) is 0 Å². The maximum Gasteiger partial charge on any atom is 0.338 e. The first-order chi connectivity index (χ1) is 42.6. The van der Waals surface area contributed by atoms with Crippen LogP contribution in [0.15, 0.2) is 97.1 Å². The fourth-order valence-electron chi connectivity index (χ4n) is 22.4. The molecule has 2 N–H and O–H groups in total. The van der Waals surface area contributed by atoms with Crippen molar-refractivity contribution in [2.75, 3.05) is 65.3 Å². The normalized spacial score (nSPS) is 39.6. The molecule has 7 heterocycles. The Labute approximate surface area is 505 Å². The summed E-state index contributed by atoms with van der Waals surface area (Å²) >= 11 is 0. The van der Waals surface area contributed by atoms with Gasteiger partial charge in [0.2, 0.25) is 23.6 Å². The highest BCUT2D eigenvalue weighted by Crippen LogP contribution is 2.85. The Bertz CT molecular complexity index is 4050. The molecular formula is C68H66N6O14. The lowest BCUT2D eigenvalue weighted by Crippen LogP contribution is -2.66. The van der Waals surface area contributed by atoms with E-state index in [1.165, 1.54) is 38.2 Å². The topological polar surface area (TPSA) is 248 Å². The number of nitrogens with one attached hydrogen (secondary N) is 2. The number of esters is 4. The summed E-state index contributed by atoms with van der Waals surface area (Å²) in [5, 5.41) is 10.7. The van der Waals surface area contributed by atoms with Crippen molar-refractivity contribution in [3.05, 3.63) is 97.1 Å². The zero-order valence-corrected chi connectivity index (χ0v) is 49.2. The molecule has 8 bridgehead atoms. The summed E-state index contributed by atoms with van der Waals surface area (Å²) < 4.78 is 37.9. The quantitative estimate of drug-likeness (QED) is 0.0565. The molecule has 0 spiro atoms. The number of methoxy groups -OCH3 is 4. The molecule has 11 aliphatic rings. The highest BCUT2D eigenvalue weighted by molar-refractivity contribution is 6.10. The SMILES string of the molecule is COC(=O)C1(C)OC(C(=O)OC)(C2CC3CC2C2C(=O)N(CCNc4c5ccccc5nc5ccccc45)C(=O)C32)C2C3CC(C21)C1C3C2(C(=O)OC)OC1(C(=O)OC)C1C3CC(C4C(=O)N(CCNc5c6ccccc6nc6ccccc56)C(=O)C34)C12. The molecule has 88 heavy (non-hydrogen) atoms. The lowest BCUT2D eigenvalue weighted by molar-refractivity contribution is -0.211. The number of rotatable bonds is 13. The van der Waals surface area contributed by atoms with Gasteiger partial charge in [0.15, 0.2) is 22.4 Å². The number of carbonyl (C=O) groups is 8. The van der Waals surface area contributed by atoms with Crippen LogP contribution >= 0.6 is 0 Å². The van der Waals surface area contributed by atoms with Crippen LogP contribution < -0.4 is 10.6 Å². The number of hydrogen-bond donors (Lipinski definition) is 2. The van der Waals surface area contributed by atoms with Gasteiger partial charge >= 0.3 is 23.9 Å². The first kappa shape index (κ1) is 54.1. The van der Waals surface area contributed by atoms with Gasteiger partial charge in [-0.15, -0.1) is 0 Å². The first-order valence-corrected chi connectivity index (χ1v) is 31.1. The predicted octanol–water partition coefficient (Wildman–Crippen LogP) is 6.21. The van der Waals surface area contributed by atoms with Crippen LogP contribution in [0.1, 0.15) is 32.6 Å². The van der Waals surface area contributed by atoms with E-state index in [1.54, 1.807) is 6.92 Å². The molecule has 4 aromatic carbocycles. The Morgan fingerprint density at radius 1 is 0.455 bits per heavy atom. The Hall–Kier alpha value is -8.10. The summed E-state index contributed by atoms with van der Waals surface area (Å²) in [4.78, 5) is 134. The van der Waals surface area contributed by atoms with Crippen molar-refractivity contribution in [3.63, 3.8) is 0 Å². The van der Waals surface area contributed by atoms with E-state index >= 15 is 28.8 Å². The van der Waals surface area contributed by atoms with Gasteiger partial charge in [0.25, 0.3) is 0 Å². The third-order valence-electron chi connectivity index (χ3n) is 24.5. The highest BCUT2D eigenvalue weighted by Gasteiger charge is 2.95. The molecule has 5 aliphatic heterocycles. The number of imide groups is 2. The van der Waals surface area contributed by atoms with Gasteiger partial charge in [-0.05, 0) is 92.4 Å². The summed E-state index contributed by atoms with van der Waals surface area (Å²) in [6, 6.07) is 31.2. The zero-order chi connectivity index (χ0) is 60.4. The smallest absolute Gasteiger partial charge is 0.338 e. The molecule has 5 saturated heterocycles. The van der Waals surface area contributed by atoms with E-state index in [0.717, 1.165) is 55.0 Å². The third kappa shape index (κ3) is 6.32. The van der Waals surface area contributed by atoms with Gasteiger partial charge < -0.3 is 39.1 Å². The van der Waals surface area contributed by atoms with Gasteiger partial charge in [-0.3, -0.25) is 29.0 Å². The summed E-state index contributed by atoms with van der Waals surface area (Å²) in [6.07, 6.45) is 1.50. The van der Waals surface area contributed by atoms with E-state index in [9.17, 15) is 9.59 Å². The van der Waals surface area contributed by atoms with E-state index in [0.29, 0.717) is 25.7 Å². The summed E-state index contributed by atoms with van der Waals surface area (Å²) in [5.41, 5.74) is -2.56. The minimum atomic E-state index is -1.91. The number of carbonyl (C=O) groups excluding carboxylic acids is 8. The van der Waals surface area contributed by atoms with Crippen LogP contribution in [0, 0.1) is 101 Å². The Morgan fingerprint density at radius 3 is 1.26 bits per heavy atom. The maximum atomic E-state index is 15.5. The number of pyridine rings is 2. The predicted molar refractivity (Wildman–Crippen MR) is 314 cm³/mol. The number of nitrogens with zero attached hydrogens (tertiary/aromatic N) is 4. The van der Waals surface area contributed by atoms with Crippen molar-refractivity contribution in [1.82, 2.24) is 19.8 Å². The second kappa shape index (κ2) is 18.5. The lowest BCUT2D eigenvalue weighted by Gasteiger charge is -2.54. The van der Waals surface area contributed by atoms with E-state index in [4.69, 9.17) is 38.4 Å². The summed E-state index contributed by atoms with van der Waals surface area (Å²) in [7, 11) is 5.09. The number of hydrogen-bond acceptors (Lipinski definition) is 18. The molecule has 21 unspecified atom stereocenters. The van der Waals surface area contributed by atoms with Crippen molar-refractivity contribution in [2.24, 2.45) is 101 Å². The molecular weight excluding hydrogens is 1120 g/mol. The van der Waals surface area contributed by atoms with Gasteiger partial charge in [-0.25, -0.2) is 29.1 Å². The molecule has 11 fully saturated rings. The van der Waals surface area contributed by atoms with Crippen LogP contribution in [0.3, 0.4) is 0 Å². The Balaban J connectivity index is 0.705. The minimum absolute atomic E-state index is 0.0624. The Kier molecular flexibility index (Phi) is 11.4.